The van der Waals surface area contributed by atoms with Crippen molar-refractivity contribution in [3.63, 3.8) is 0 Å². The van der Waals surface area contributed by atoms with E-state index in [1.54, 1.807) is 73.3 Å². The smallest absolute Gasteiger partial charge is 0.296 e. The van der Waals surface area contributed by atoms with Gasteiger partial charge in [-0.1, -0.05) is 54.1 Å². The molecule has 0 aliphatic carbocycles. The normalized spacial score (nSPS) is 11.3. The molecule has 3 aromatic carbocycles. The molecule has 1 amide bonds. The molecular formula is C26H26N4O4S. The lowest BCUT2D eigenvalue weighted by Crippen LogP contribution is -2.41. The molecule has 0 aliphatic heterocycles. The number of aromatic nitrogens is 2. The van der Waals surface area contributed by atoms with Crippen LogP contribution >= 0.6 is 0 Å². The molecule has 0 fully saturated rings. The number of aryl methyl sites for hydroxylation is 1. The second-order valence-electron chi connectivity index (χ2n) is 8.15. The van der Waals surface area contributed by atoms with Gasteiger partial charge in [0, 0.05) is 12.7 Å². The second-order valence-corrected chi connectivity index (χ2v) is 10.0. The van der Waals surface area contributed by atoms with Gasteiger partial charge in [0.15, 0.2) is 0 Å². The number of nitrogens with zero attached hydrogens (tertiary/aromatic N) is 3. The van der Waals surface area contributed by atoms with E-state index in [9.17, 15) is 18.0 Å². The first-order valence-corrected chi connectivity index (χ1v) is 12.4. The van der Waals surface area contributed by atoms with E-state index in [2.05, 4.69) is 5.32 Å². The summed E-state index contributed by atoms with van der Waals surface area (Å²) in [5.74, 6) is -0.567. The molecule has 0 radical (unpaired) electrons. The lowest BCUT2D eigenvalue weighted by Gasteiger charge is -2.23. The lowest BCUT2D eigenvalue weighted by atomic mass is 10.2. The number of benzene rings is 3. The first kappa shape index (κ1) is 24.0. The lowest BCUT2D eigenvalue weighted by molar-refractivity contribution is -0.114. The summed E-state index contributed by atoms with van der Waals surface area (Å²) in [5.41, 5.74) is 1.91. The summed E-state index contributed by atoms with van der Waals surface area (Å²) in [6.45, 7) is 3.01. The molecule has 9 heteroatoms. The molecule has 35 heavy (non-hydrogen) atoms. The van der Waals surface area contributed by atoms with E-state index in [-0.39, 0.29) is 10.6 Å². The third-order valence-electron chi connectivity index (χ3n) is 5.73. The molecule has 180 valence electrons. The average Bonchev–Trinajstić information content (AvgIpc) is 3.07. The zero-order chi connectivity index (χ0) is 25.2. The molecule has 0 atom stereocenters. The Bertz CT molecular complexity index is 1510. The Morgan fingerprint density at radius 2 is 1.46 bits per heavy atom. The van der Waals surface area contributed by atoms with Crippen molar-refractivity contribution in [2.24, 2.45) is 7.05 Å². The Morgan fingerprint density at radius 1 is 0.886 bits per heavy atom. The summed E-state index contributed by atoms with van der Waals surface area (Å²) in [5, 5.41) is 2.72. The Kier molecular flexibility index (Phi) is 6.61. The van der Waals surface area contributed by atoms with Crippen molar-refractivity contribution in [1.82, 2.24) is 9.36 Å². The highest BCUT2D eigenvalue weighted by atomic mass is 32.2. The topological polar surface area (TPSA) is 93.4 Å². The van der Waals surface area contributed by atoms with Gasteiger partial charge in [0.05, 0.1) is 16.3 Å². The summed E-state index contributed by atoms with van der Waals surface area (Å²) >= 11 is 0. The van der Waals surface area contributed by atoms with Gasteiger partial charge in [0.25, 0.3) is 15.6 Å². The Hall–Kier alpha value is -4.11. The summed E-state index contributed by atoms with van der Waals surface area (Å²) in [6.07, 6.45) is 0. The molecular weight excluding hydrogens is 464 g/mol. The molecule has 0 saturated heterocycles. The van der Waals surface area contributed by atoms with Gasteiger partial charge in [-0.05, 0) is 50.2 Å². The van der Waals surface area contributed by atoms with E-state index < -0.39 is 28.0 Å². The SMILES string of the molecule is Cc1ccc(NC(=O)CN(c2c(C)n(C)n(-c3ccccc3)c2=O)S(=O)(=O)c2ccccc2)cc1. The number of sulfonamides is 1. The van der Waals surface area contributed by atoms with Gasteiger partial charge in [0.1, 0.15) is 12.2 Å². The van der Waals surface area contributed by atoms with Crippen LogP contribution in [0, 0.1) is 13.8 Å². The van der Waals surface area contributed by atoms with Crippen molar-refractivity contribution in [2.75, 3.05) is 16.2 Å². The maximum atomic E-state index is 13.7. The zero-order valence-corrected chi connectivity index (χ0v) is 20.5. The molecule has 1 N–H and O–H groups in total. The van der Waals surface area contributed by atoms with Gasteiger partial charge in [-0.25, -0.2) is 17.4 Å². The van der Waals surface area contributed by atoms with Crippen LogP contribution in [0.4, 0.5) is 11.4 Å². The quantitative estimate of drug-likeness (QED) is 0.428. The zero-order valence-electron chi connectivity index (χ0n) is 19.7. The van der Waals surface area contributed by atoms with E-state index in [0.717, 1.165) is 9.87 Å². The van der Waals surface area contributed by atoms with Crippen molar-refractivity contribution in [2.45, 2.75) is 18.7 Å². The van der Waals surface area contributed by atoms with Crippen molar-refractivity contribution in [1.29, 1.82) is 0 Å². The molecule has 0 saturated carbocycles. The monoisotopic (exact) mass is 490 g/mol. The van der Waals surface area contributed by atoms with E-state index in [0.29, 0.717) is 17.1 Å². The van der Waals surface area contributed by atoms with E-state index in [1.165, 1.54) is 16.8 Å². The van der Waals surface area contributed by atoms with Crippen molar-refractivity contribution in [3.8, 4) is 5.69 Å². The maximum Gasteiger partial charge on any atom is 0.296 e. The fraction of sp³-hybridized carbons (Fsp3) is 0.154. The fourth-order valence-electron chi connectivity index (χ4n) is 3.81. The van der Waals surface area contributed by atoms with Crippen molar-refractivity contribution >= 4 is 27.3 Å². The van der Waals surface area contributed by atoms with E-state index in [1.807, 2.05) is 25.1 Å². The van der Waals surface area contributed by atoms with E-state index >= 15 is 0 Å². The first-order valence-electron chi connectivity index (χ1n) is 11.0. The molecule has 0 spiro atoms. The predicted octanol–water partition coefficient (Wildman–Crippen LogP) is 3.63. The summed E-state index contributed by atoms with van der Waals surface area (Å²) in [6, 6.07) is 23.8. The molecule has 4 rings (SSSR count). The number of nitrogens with one attached hydrogen (secondary N) is 1. The number of carbonyl (C=O) groups excluding carboxylic acids is 1. The highest BCUT2D eigenvalue weighted by Crippen LogP contribution is 2.25. The molecule has 0 bridgehead atoms. The van der Waals surface area contributed by atoms with Gasteiger partial charge < -0.3 is 5.32 Å². The maximum absolute atomic E-state index is 13.7. The van der Waals surface area contributed by atoms with Crippen LogP contribution in [-0.2, 0) is 21.9 Å². The number of hydrogen-bond acceptors (Lipinski definition) is 4. The van der Waals surface area contributed by atoms with Gasteiger partial charge in [0.2, 0.25) is 5.91 Å². The number of carbonyl (C=O) groups is 1. The molecule has 1 heterocycles. The van der Waals surface area contributed by atoms with Crippen LogP contribution in [-0.4, -0.2) is 30.2 Å². The van der Waals surface area contributed by atoms with Crippen LogP contribution < -0.4 is 15.2 Å². The van der Waals surface area contributed by atoms with Crippen LogP contribution in [0.1, 0.15) is 11.3 Å². The van der Waals surface area contributed by atoms with Crippen LogP contribution in [0.25, 0.3) is 5.69 Å². The van der Waals surface area contributed by atoms with Crippen LogP contribution in [0.15, 0.2) is 94.6 Å². The molecule has 0 aliphatic rings. The minimum absolute atomic E-state index is 0.0166. The van der Waals surface area contributed by atoms with Gasteiger partial charge in [-0.3, -0.25) is 14.3 Å². The number of anilines is 2. The molecule has 8 nitrogen and oxygen atoms in total. The Morgan fingerprint density at radius 3 is 2.06 bits per heavy atom. The van der Waals surface area contributed by atoms with Crippen LogP contribution in [0.5, 0.6) is 0 Å². The first-order chi connectivity index (χ1) is 16.7. The summed E-state index contributed by atoms with van der Waals surface area (Å²) in [7, 11) is -2.56. The molecule has 4 aromatic rings. The average molecular weight is 491 g/mol. The van der Waals surface area contributed by atoms with Crippen LogP contribution in [0.3, 0.4) is 0 Å². The fourth-order valence-corrected chi connectivity index (χ4v) is 5.31. The Balaban J connectivity index is 1.82. The van der Waals surface area contributed by atoms with E-state index in [4.69, 9.17) is 0 Å². The number of para-hydroxylation sites is 1. The number of rotatable bonds is 7. The summed E-state index contributed by atoms with van der Waals surface area (Å²) in [4.78, 5) is 26.6. The van der Waals surface area contributed by atoms with Gasteiger partial charge in [-0.15, -0.1) is 0 Å². The molecule has 0 unspecified atom stereocenters. The minimum Gasteiger partial charge on any atom is -0.325 e. The highest BCUT2D eigenvalue weighted by molar-refractivity contribution is 7.92. The van der Waals surface area contributed by atoms with Gasteiger partial charge in [-0.2, -0.15) is 0 Å². The largest absolute Gasteiger partial charge is 0.325 e. The summed E-state index contributed by atoms with van der Waals surface area (Å²) < 4.78 is 31.3. The second kappa shape index (κ2) is 9.63. The Labute approximate surface area is 204 Å². The van der Waals surface area contributed by atoms with Crippen LogP contribution in [0.2, 0.25) is 0 Å². The van der Waals surface area contributed by atoms with Crippen molar-refractivity contribution in [3.05, 3.63) is 107 Å². The van der Waals surface area contributed by atoms with Crippen molar-refractivity contribution < 1.29 is 13.2 Å². The molecule has 1 aromatic heterocycles. The predicted molar refractivity (Wildman–Crippen MR) is 137 cm³/mol. The minimum atomic E-state index is -4.23. The standard InChI is InChI=1S/C26H26N4O4S/c1-19-14-16-21(17-15-19)27-24(31)18-29(35(33,34)23-12-8-5-9-13-23)25-20(2)28(3)30(26(25)32)22-10-6-4-7-11-22/h4-17H,18H2,1-3H3,(H,27,31). The van der Waals surface area contributed by atoms with Gasteiger partial charge >= 0.3 is 0 Å². The number of hydrogen-bond donors (Lipinski definition) is 1. The number of amides is 1. The highest BCUT2D eigenvalue weighted by Gasteiger charge is 2.33. The third-order valence-corrected chi connectivity index (χ3v) is 7.49. The third kappa shape index (κ3) is 4.76.